The van der Waals surface area contributed by atoms with E-state index < -0.39 is 5.97 Å². The van der Waals surface area contributed by atoms with Gasteiger partial charge in [-0.1, -0.05) is 42.0 Å². The SMILES string of the molecule is C/C(=C\c1ccccc1)CC(=O)O.[Na+]. The van der Waals surface area contributed by atoms with Gasteiger partial charge in [0.1, 0.15) is 0 Å². The molecule has 0 spiro atoms. The topological polar surface area (TPSA) is 37.3 Å². The summed E-state index contributed by atoms with van der Waals surface area (Å²) in [6, 6.07) is 9.69. The molecule has 0 radical (unpaired) electrons. The molecule has 1 aromatic rings. The number of benzene rings is 1. The van der Waals surface area contributed by atoms with E-state index in [9.17, 15) is 4.79 Å². The number of rotatable bonds is 3. The maximum Gasteiger partial charge on any atom is 1.00 e. The molecule has 14 heavy (non-hydrogen) atoms. The zero-order chi connectivity index (χ0) is 9.68. The Morgan fingerprint density at radius 1 is 1.36 bits per heavy atom. The first-order valence-electron chi connectivity index (χ1n) is 4.12. The number of hydrogen-bond donors (Lipinski definition) is 1. The fourth-order valence-corrected chi connectivity index (χ4v) is 1.12. The van der Waals surface area contributed by atoms with Crippen molar-refractivity contribution in [3.05, 3.63) is 41.5 Å². The summed E-state index contributed by atoms with van der Waals surface area (Å²) in [6.07, 6.45) is 1.99. The van der Waals surface area contributed by atoms with Gasteiger partial charge in [-0.15, -0.1) is 0 Å². The molecule has 0 aromatic heterocycles. The first kappa shape index (κ1) is 13.4. The third-order valence-electron chi connectivity index (χ3n) is 1.64. The Morgan fingerprint density at radius 2 is 1.93 bits per heavy atom. The second-order valence-corrected chi connectivity index (χ2v) is 2.97. The van der Waals surface area contributed by atoms with Crippen molar-refractivity contribution >= 4 is 12.0 Å². The van der Waals surface area contributed by atoms with Crippen molar-refractivity contribution in [2.24, 2.45) is 0 Å². The van der Waals surface area contributed by atoms with Gasteiger partial charge in [0.15, 0.2) is 0 Å². The Morgan fingerprint density at radius 3 is 2.43 bits per heavy atom. The summed E-state index contributed by atoms with van der Waals surface area (Å²) in [5, 5.41) is 8.52. The monoisotopic (exact) mass is 199 g/mol. The van der Waals surface area contributed by atoms with E-state index >= 15 is 0 Å². The van der Waals surface area contributed by atoms with E-state index in [1.807, 2.05) is 43.3 Å². The van der Waals surface area contributed by atoms with E-state index in [2.05, 4.69) is 0 Å². The van der Waals surface area contributed by atoms with Gasteiger partial charge in [-0.25, -0.2) is 0 Å². The van der Waals surface area contributed by atoms with Crippen molar-refractivity contribution in [2.45, 2.75) is 13.3 Å². The van der Waals surface area contributed by atoms with Gasteiger partial charge in [0.2, 0.25) is 0 Å². The average molecular weight is 199 g/mol. The third-order valence-corrected chi connectivity index (χ3v) is 1.64. The number of carboxylic acids is 1. The van der Waals surface area contributed by atoms with Gasteiger partial charge < -0.3 is 5.11 Å². The van der Waals surface area contributed by atoms with Gasteiger partial charge in [0.05, 0.1) is 6.42 Å². The van der Waals surface area contributed by atoms with Crippen molar-refractivity contribution in [3.8, 4) is 0 Å². The van der Waals surface area contributed by atoms with E-state index in [4.69, 9.17) is 5.11 Å². The van der Waals surface area contributed by atoms with E-state index in [0.717, 1.165) is 11.1 Å². The molecule has 3 heteroatoms. The summed E-state index contributed by atoms with van der Waals surface area (Å²) in [7, 11) is 0. The molecule has 2 nitrogen and oxygen atoms in total. The molecule has 1 rings (SSSR count). The molecule has 0 aliphatic carbocycles. The predicted octanol–water partition coefficient (Wildman–Crippen LogP) is -0.431. The van der Waals surface area contributed by atoms with Crippen LogP contribution in [0.4, 0.5) is 0 Å². The summed E-state index contributed by atoms with van der Waals surface area (Å²) < 4.78 is 0. The molecule has 0 bridgehead atoms. The van der Waals surface area contributed by atoms with Gasteiger partial charge in [0, 0.05) is 0 Å². The first-order valence-corrected chi connectivity index (χ1v) is 4.12. The van der Waals surface area contributed by atoms with Crippen LogP contribution in [0.2, 0.25) is 0 Å². The predicted molar refractivity (Wildman–Crippen MR) is 52.3 cm³/mol. The Hall–Kier alpha value is -0.570. The van der Waals surface area contributed by atoms with Crippen LogP contribution in [-0.2, 0) is 4.79 Å². The van der Waals surface area contributed by atoms with Crippen molar-refractivity contribution in [3.63, 3.8) is 0 Å². The maximum absolute atomic E-state index is 10.4. The van der Waals surface area contributed by atoms with E-state index in [1.54, 1.807) is 0 Å². The summed E-state index contributed by atoms with van der Waals surface area (Å²) >= 11 is 0. The zero-order valence-electron chi connectivity index (χ0n) is 8.53. The van der Waals surface area contributed by atoms with Crippen LogP contribution < -0.4 is 29.6 Å². The number of carbonyl (C=O) groups is 1. The van der Waals surface area contributed by atoms with Gasteiger partial charge >= 0.3 is 35.5 Å². The van der Waals surface area contributed by atoms with Crippen LogP contribution in [-0.4, -0.2) is 11.1 Å². The minimum absolute atomic E-state index is 0. The van der Waals surface area contributed by atoms with Crippen LogP contribution in [0.25, 0.3) is 6.08 Å². The standard InChI is InChI=1S/C11H12O2.Na/c1-9(8-11(12)13)7-10-5-3-2-4-6-10;/h2-7H,8H2,1H3,(H,12,13);/q;+1/b9-7+;. The van der Waals surface area contributed by atoms with Crippen LogP contribution in [0.5, 0.6) is 0 Å². The van der Waals surface area contributed by atoms with Crippen LogP contribution in [0.15, 0.2) is 35.9 Å². The van der Waals surface area contributed by atoms with Crippen LogP contribution in [0, 0.1) is 0 Å². The Kier molecular flexibility index (Phi) is 6.54. The second kappa shape index (κ2) is 6.82. The minimum Gasteiger partial charge on any atom is -0.481 e. The molecule has 0 atom stereocenters. The van der Waals surface area contributed by atoms with E-state index in [1.165, 1.54) is 0 Å². The Bertz CT molecular complexity index is 317. The first-order chi connectivity index (χ1) is 6.18. The quantitative estimate of drug-likeness (QED) is 0.671. The van der Waals surface area contributed by atoms with E-state index in [-0.39, 0.29) is 36.0 Å². The molecule has 0 amide bonds. The fraction of sp³-hybridized carbons (Fsp3) is 0.182. The van der Waals surface area contributed by atoms with Crippen molar-refractivity contribution < 1.29 is 39.5 Å². The number of hydrogen-bond acceptors (Lipinski definition) is 1. The van der Waals surface area contributed by atoms with Gasteiger partial charge in [0.25, 0.3) is 0 Å². The largest absolute Gasteiger partial charge is 1.00 e. The van der Waals surface area contributed by atoms with Gasteiger partial charge in [-0.3, -0.25) is 4.79 Å². The Labute approximate surface area is 106 Å². The molecular formula is C11H12NaO2+. The molecule has 1 aromatic carbocycles. The number of aliphatic carboxylic acids is 1. The van der Waals surface area contributed by atoms with Gasteiger partial charge in [-0.2, -0.15) is 0 Å². The molecule has 0 heterocycles. The molecule has 0 unspecified atom stereocenters. The summed E-state index contributed by atoms with van der Waals surface area (Å²) in [6.45, 7) is 1.82. The molecule has 0 fully saturated rings. The fourth-order valence-electron chi connectivity index (χ4n) is 1.12. The molecule has 1 N–H and O–H groups in total. The zero-order valence-corrected chi connectivity index (χ0v) is 10.5. The number of carboxylic acid groups (broad SMARTS) is 1. The minimum atomic E-state index is -0.787. The van der Waals surface area contributed by atoms with Crippen LogP contribution >= 0.6 is 0 Å². The molecule has 0 aliphatic heterocycles. The van der Waals surface area contributed by atoms with Crippen molar-refractivity contribution in [1.82, 2.24) is 0 Å². The molecule has 0 aliphatic rings. The normalized spacial score (nSPS) is 10.5. The van der Waals surface area contributed by atoms with Crippen LogP contribution in [0.1, 0.15) is 18.9 Å². The van der Waals surface area contributed by atoms with Crippen LogP contribution in [0.3, 0.4) is 0 Å². The summed E-state index contributed by atoms with van der Waals surface area (Å²) in [5.41, 5.74) is 1.90. The Balaban J connectivity index is 0.00000169. The van der Waals surface area contributed by atoms with Crippen molar-refractivity contribution in [1.29, 1.82) is 0 Å². The summed E-state index contributed by atoms with van der Waals surface area (Å²) in [4.78, 5) is 10.4. The molecule has 68 valence electrons. The molecule has 0 saturated carbocycles. The van der Waals surface area contributed by atoms with Crippen molar-refractivity contribution in [2.75, 3.05) is 0 Å². The molecular weight excluding hydrogens is 187 g/mol. The second-order valence-electron chi connectivity index (χ2n) is 2.97. The molecule has 0 saturated heterocycles. The van der Waals surface area contributed by atoms with Gasteiger partial charge in [-0.05, 0) is 12.5 Å². The third kappa shape index (κ3) is 5.22. The maximum atomic E-state index is 10.4. The average Bonchev–Trinajstić information content (AvgIpc) is 2.04. The van der Waals surface area contributed by atoms with E-state index in [0.29, 0.717) is 0 Å². The summed E-state index contributed by atoms with van der Waals surface area (Å²) in [5.74, 6) is -0.787. The smallest absolute Gasteiger partial charge is 0.481 e.